The molecular weight excluding hydrogens is 430 g/mol. The van der Waals surface area contributed by atoms with Gasteiger partial charge < -0.3 is 15.1 Å². The van der Waals surface area contributed by atoms with Crippen molar-refractivity contribution in [3.8, 4) is 0 Å². The smallest absolute Gasteiger partial charge is 0.335 e. The van der Waals surface area contributed by atoms with Crippen molar-refractivity contribution in [2.24, 2.45) is 5.92 Å². The largest absolute Gasteiger partial charge is 0.478 e. The third kappa shape index (κ3) is 5.73. The quantitative estimate of drug-likeness (QED) is 0.509. The number of aromatic carboxylic acids is 1. The van der Waals surface area contributed by atoms with Crippen LogP contribution in [0.15, 0.2) is 48.5 Å². The van der Waals surface area contributed by atoms with Gasteiger partial charge in [-0.2, -0.15) is 0 Å². The minimum absolute atomic E-state index is 0.0741. The Kier molecular flexibility index (Phi) is 7.78. The molecule has 34 heavy (non-hydrogen) atoms. The fourth-order valence-electron chi connectivity index (χ4n) is 5.32. The zero-order chi connectivity index (χ0) is 24.1. The number of benzene rings is 2. The van der Waals surface area contributed by atoms with Crippen molar-refractivity contribution in [3.05, 3.63) is 65.2 Å². The number of nitrogens with zero attached hydrogens (tertiary/aromatic N) is 1. The molecule has 1 saturated carbocycles. The summed E-state index contributed by atoms with van der Waals surface area (Å²) >= 11 is 0. The number of carbonyl (C=O) groups excluding carboxylic acids is 2. The molecule has 0 aromatic heterocycles. The maximum Gasteiger partial charge on any atom is 0.335 e. The average Bonchev–Trinajstić information content (AvgIpc) is 3.14. The predicted octanol–water partition coefficient (Wildman–Crippen LogP) is 5.03. The van der Waals surface area contributed by atoms with Crippen LogP contribution in [0, 0.1) is 5.92 Å². The summed E-state index contributed by atoms with van der Waals surface area (Å²) in [6.45, 7) is 0. The second-order valence-electron chi connectivity index (χ2n) is 9.66. The van der Waals surface area contributed by atoms with Crippen LogP contribution in [0.5, 0.6) is 0 Å². The molecular formula is C28H33NO5. The van der Waals surface area contributed by atoms with Gasteiger partial charge in [0.15, 0.2) is 5.78 Å². The van der Waals surface area contributed by atoms with Gasteiger partial charge in [0.2, 0.25) is 5.91 Å². The number of carboxylic acid groups (broad SMARTS) is 1. The van der Waals surface area contributed by atoms with Crippen LogP contribution in [0.2, 0.25) is 0 Å². The second-order valence-corrected chi connectivity index (χ2v) is 9.66. The zero-order valence-corrected chi connectivity index (χ0v) is 19.5. The third-order valence-corrected chi connectivity index (χ3v) is 7.33. The molecule has 2 N–H and O–H groups in total. The highest BCUT2D eigenvalue weighted by Crippen LogP contribution is 2.31. The summed E-state index contributed by atoms with van der Waals surface area (Å²) in [5.41, 5.74) is 2.55. The summed E-state index contributed by atoms with van der Waals surface area (Å²) in [5.74, 6) is -0.284. The lowest BCUT2D eigenvalue weighted by Crippen LogP contribution is -2.37. The molecule has 2 atom stereocenters. The Morgan fingerprint density at radius 2 is 1.53 bits per heavy atom. The Balaban J connectivity index is 1.38. The summed E-state index contributed by atoms with van der Waals surface area (Å²) in [6.07, 6.45) is 8.33. The zero-order valence-electron chi connectivity index (χ0n) is 19.5. The van der Waals surface area contributed by atoms with E-state index >= 15 is 0 Å². The van der Waals surface area contributed by atoms with Gasteiger partial charge in [-0.15, -0.1) is 0 Å². The molecule has 1 amide bonds. The van der Waals surface area contributed by atoms with E-state index in [-0.39, 0.29) is 29.7 Å². The van der Waals surface area contributed by atoms with Crippen LogP contribution in [-0.4, -0.2) is 40.0 Å². The number of rotatable bonds is 9. The van der Waals surface area contributed by atoms with Crippen LogP contribution < -0.4 is 4.90 Å². The topological polar surface area (TPSA) is 94.9 Å². The summed E-state index contributed by atoms with van der Waals surface area (Å²) in [4.78, 5) is 38.0. The molecule has 2 aliphatic rings. The number of carboxylic acids is 1. The fourth-order valence-corrected chi connectivity index (χ4v) is 5.32. The van der Waals surface area contributed by atoms with Gasteiger partial charge in [0.05, 0.1) is 24.1 Å². The highest BCUT2D eigenvalue weighted by molar-refractivity contribution is 5.99. The number of aliphatic hydroxyl groups excluding tert-OH is 1. The lowest BCUT2D eigenvalue weighted by Gasteiger charge is -2.27. The minimum Gasteiger partial charge on any atom is -0.478 e. The van der Waals surface area contributed by atoms with Crippen LogP contribution in [0.4, 0.5) is 5.69 Å². The highest BCUT2D eigenvalue weighted by Gasteiger charge is 2.39. The standard InChI is InChI=1S/C28H33NO5/c30-25(17-9-19-4-2-1-3-5-19)21-12-14-23(15-13-21)29-24(26(31)18-27(29)32)16-8-20-6-10-22(11-7-20)28(33)34/h6-7,10-15,19,24,26,31H,1-5,8-9,16-18H2,(H,33,34). The van der Waals surface area contributed by atoms with Crippen LogP contribution in [0.25, 0.3) is 0 Å². The van der Waals surface area contributed by atoms with E-state index in [1.807, 2.05) is 0 Å². The Hall–Kier alpha value is -2.99. The Labute approximate surface area is 200 Å². The van der Waals surface area contributed by atoms with Gasteiger partial charge in [-0.1, -0.05) is 44.2 Å². The van der Waals surface area contributed by atoms with E-state index in [1.54, 1.807) is 53.4 Å². The highest BCUT2D eigenvalue weighted by atomic mass is 16.4. The van der Waals surface area contributed by atoms with Gasteiger partial charge in [0.25, 0.3) is 0 Å². The third-order valence-electron chi connectivity index (χ3n) is 7.33. The van der Waals surface area contributed by atoms with Crippen molar-refractivity contribution in [2.45, 2.75) is 76.4 Å². The first-order valence-electron chi connectivity index (χ1n) is 12.4. The summed E-state index contributed by atoms with van der Waals surface area (Å²) in [7, 11) is 0. The number of carbonyl (C=O) groups is 3. The van der Waals surface area contributed by atoms with E-state index in [1.165, 1.54) is 32.1 Å². The van der Waals surface area contributed by atoms with E-state index in [2.05, 4.69) is 0 Å². The molecule has 180 valence electrons. The van der Waals surface area contributed by atoms with E-state index in [0.717, 1.165) is 12.0 Å². The lowest BCUT2D eigenvalue weighted by molar-refractivity contribution is -0.117. The molecule has 1 saturated heterocycles. The molecule has 6 heteroatoms. The average molecular weight is 464 g/mol. The summed E-state index contributed by atoms with van der Waals surface area (Å²) in [6, 6.07) is 13.5. The minimum atomic E-state index is -0.967. The molecule has 0 radical (unpaired) electrons. The second kappa shape index (κ2) is 11.0. The van der Waals surface area contributed by atoms with Gasteiger partial charge in [0.1, 0.15) is 0 Å². The van der Waals surface area contributed by atoms with Crippen molar-refractivity contribution in [2.75, 3.05) is 4.90 Å². The molecule has 6 nitrogen and oxygen atoms in total. The van der Waals surface area contributed by atoms with Crippen LogP contribution in [0.1, 0.15) is 84.1 Å². The number of hydrogen-bond donors (Lipinski definition) is 2. The van der Waals surface area contributed by atoms with Crippen molar-refractivity contribution >= 4 is 23.3 Å². The van der Waals surface area contributed by atoms with Gasteiger partial charge >= 0.3 is 5.97 Å². The van der Waals surface area contributed by atoms with Crippen molar-refractivity contribution in [3.63, 3.8) is 0 Å². The number of Topliss-reactive ketones (excluding diaryl/α,β-unsaturated/α-hetero) is 1. The summed E-state index contributed by atoms with van der Waals surface area (Å²) in [5, 5.41) is 19.6. The molecule has 4 rings (SSSR count). The molecule has 2 aromatic carbocycles. The molecule has 2 fully saturated rings. The first-order chi connectivity index (χ1) is 16.4. The van der Waals surface area contributed by atoms with Crippen LogP contribution in [0.3, 0.4) is 0 Å². The first kappa shape index (κ1) is 24.1. The normalized spacial score (nSPS) is 21.1. The van der Waals surface area contributed by atoms with E-state index in [0.29, 0.717) is 36.4 Å². The van der Waals surface area contributed by atoms with Crippen LogP contribution >= 0.6 is 0 Å². The number of aliphatic hydroxyl groups is 1. The maximum absolute atomic E-state index is 12.7. The lowest BCUT2D eigenvalue weighted by atomic mass is 9.85. The van der Waals surface area contributed by atoms with E-state index < -0.39 is 12.1 Å². The Morgan fingerprint density at radius 1 is 0.882 bits per heavy atom. The monoisotopic (exact) mass is 463 g/mol. The first-order valence-corrected chi connectivity index (χ1v) is 12.4. The number of ketones is 1. The number of anilines is 1. The number of hydrogen-bond acceptors (Lipinski definition) is 4. The molecule has 1 heterocycles. The van der Waals surface area contributed by atoms with Crippen molar-refractivity contribution in [1.82, 2.24) is 0 Å². The number of aryl methyl sites for hydroxylation is 1. The van der Waals surface area contributed by atoms with E-state index in [4.69, 9.17) is 5.11 Å². The Morgan fingerprint density at radius 3 is 2.18 bits per heavy atom. The van der Waals surface area contributed by atoms with Gasteiger partial charge in [-0.3, -0.25) is 9.59 Å². The number of amides is 1. The summed E-state index contributed by atoms with van der Waals surface area (Å²) < 4.78 is 0. The van der Waals surface area contributed by atoms with E-state index in [9.17, 15) is 19.5 Å². The van der Waals surface area contributed by atoms with Gasteiger partial charge in [-0.25, -0.2) is 4.79 Å². The fraction of sp³-hybridized carbons (Fsp3) is 0.464. The maximum atomic E-state index is 12.7. The Bertz CT molecular complexity index is 1010. The molecule has 2 unspecified atom stereocenters. The molecule has 2 aromatic rings. The van der Waals surface area contributed by atoms with Crippen molar-refractivity contribution in [1.29, 1.82) is 0 Å². The van der Waals surface area contributed by atoms with Gasteiger partial charge in [-0.05, 0) is 67.1 Å². The molecule has 0 spiro atoms. The van der Waals surface area contributed by atoms with Crippen LogP contribution in [-0.2, 0) is 11.2 Å². The predicted molar refractivity (Wildman–Crippen MR) is 130 cm³/mol. The van der Waals surface area contributed by atoms with Gasteiger partial charge in [0, 0.05) is 17.7 Å². The van der Waals surface area contributed by atoms with Crippen molar-refractivity contribution < 1.29 is 24.6 Å². The molecule has 1 aliphatic heterocycles. The SMILES string of the molecule is O=C(O)c1ccc(CCC2C(O)CC(=O)N2c2ccc(C(=O)CCC3CCCCC3)cc2)cc1. The molecule has 1 aliphatic carbocycles. The molecule has 0 bridgehead atoms.